The molecule has 1 aromatic rings. The van der Waals surface area contributed by atoms with Gasteiger partial charge in [-0.05, 0) is 73.7 Å². The lowest BCUT2D eigenvalue weighted by Crippen LogP contribution is -2.70. The van der Waals surface area contributed by atoms with Crippen LogP contribution in [-0.2, 0) is 14.3 Å². The van der Waals surface area contributed by atoms with E-state index in [0.29, 0.717) is 11.8 Å². The van der Waals surface area contributed by atoms with Crippen molar-refractivity contribution in [3.63, 3.8) is 0 Å². The third kappa shape index (κ3) is 3.27. The van der Waals surface area contributed by atoms with Gasteiger partial charge in [-0.25, -0.2) is 18.0 Å². The fourth-order valence-electron chi connectivity index (χ4n) is 7.97. The number of esters is 1. The Morgan fingerprint density at radius 2 is 2.00 bits per heavy atom. The lowest BCUT2D eigenvalue weighted by atomic mass is 9.44. The summed E-state index contributed by atoms with van der Waals surface area (Å²) in [6, 6.07) is 1.78. The Bertz CT molecular complexity index is 1200. The number of aliphatic hydroxyl groups is 1. The van der Waals surface area contributed by atoms with Crippen LogP contribution in [0.3, 0.4) is 0 Å². The maximum absolute atomic E-state index is 17.4. The standard InChI is InChI=1S/C27H29F3O6S/c1-14-9-16-17-11-19(29)18-10-15(31)6-7-24(18,2)26(17,30)21(32)12-25(16,3)27(14,23(34)37-13-28)36-22(33)20-5-4-8-35-20/h4-8,10,14,16-17,19,21,32H,9,11-13H2,1-3H3/t14-,16+,17+,19+,21+,24+,25+,26-,27+/m1/s1. The molecule has 0 bridgehead atoms. The molecule has 6 nitrogen and oxygen atoms in total. The number of fused-ring (bicyclic) bond motifs is 5. The Kier molecular flexibility index (Phi) is 6.10. The topological polar surface area (TPSA) is 93.8 Å². The van der Waals surface area contributed by atoms with Crippen molar-refractivity contribution in [2.24, 2.45) is 28.6 Å². The Balaban J connectivity index is 1.64. The number of thioether (sulfide) groups is 1. The second-order valence-corrected chi connectivity index (χ2v) is 12.0. The number of aliphatic hydroxyl groups excluding tert-OH is 1. The van der Waals surface area contributed by atoms with E-state index in [1.54, 1.807) is 13.8 Å². The summed E-state index contributed by atoms with van der Waals surface area (Å²) >= 11 is 0.352. The van der Waals surface area contributed by atoms with Gasteiger partial charge in [-0.2, -0.15) is 0 Å². The van der Waals surface area contributed by atoms with E-state index >= 15 is 8.78 Å². The Morgan fingerprint density at radius 1 is 1.27 bits per heavy atom. The summed E-state index contributed by atoms with van der Waals surface area (Å²) in [5.74, 6) is -3.98. The van der Waals surface area contributed by atoms with Gasteiger partial charge in [0.05, 0.1) is 12.4 Å². The van der Waals surface area contributed by atoms with Gasteiger partial charge in [0.2, 0.25) is 10.9 Å². The molecule has 1 aromatic heterocycles. The predicted molar refractivity (Wildman–Crippen MR) is 129 cm³/mol. The van der Waals surface area contributed by atoms with Crippen LogP contribution in [0.2, 0.25) is 0 Å². The van der Waals surface area contributed by atoms with Gasteiger partial charge in [-0.3, -0.25) is 9.59 Å². The van der Waals surface area contributed by atoms with Crippen molar-refractivity contribution < 1.29 is 41.8 Å². The van der Waals surface area contributed by atoms with Crippen molar-refractivity contribution in [2.45, 2.75) is 63.6 Å². The molecule has 3 fully saturated rings. The van der Waals surface area contributed by atoms with Gasteiger partial charge in [0.1, 0.15) is 12.2 Å². The van der Waals surface area contributed by atoms with Crippen molar-refractivity contribution in [3.05, 3.63) is 48.0 Å². The number of carbonyl (C=O) groups excluding carboxylic acids is 3. The molecule has 200 valence electrons. The Morgan fingerprint density at radius 3 is 2.65 bits per heavy atom. The smallest absolute Gasteiger partial charge is 0.375 e. The minimum atomic E-state index is -2.35. The molecule has 1 heterocycles. The molecule has 0 radical (unpaired) electrons. The highest BCUT2D eigenvalue weighted by atomic mass is 32.2. The molecule has 0 aromatic carbocycles. The van der Waals surface area contributed by atoms with E-state index in [1.165, 1.54) is 37.5 Å². The summed E-state index contributed by atoms with van der Waals surface area (Å²) in [5, 5.41) is 10.7. The summed E-state index contributed by atoms with van der Waals surface area (Å²) in [5.41, 5.74) is -7.19. The Hall–Kier alpha value is -2.33. The molecule has 0 saturated heterocycles. The number of ether oxygens (including phenoxy) is 1. The second-order valence-electron chi connectivity index (χ2n) is 11.1. The van der Waals surface area contributed by atoms with Gasteiger partial charge in [-0.1, -0.05) is 19.9 Å². The number of halogens is 3. The monoisotopic (exact) mass is 538 g/mol. The van der Waals surface area contributed by atoms with E-state index in [4.69, 9.17) is 9.15 Å². The highest BCUT2D eigenvalue weighted by Gasteiger charge is 2.78. The lowest BCUT2D eigenvalue weighted by Gasteiger charge is -2.63. The largest absolute Gasteiger partial charge is 0.457 e. The highest BCUT2D eigenvalue weighted by Crippen LogP contribution is 2.72. The van der Waals surface area contributed by atoms with Crippen LogP contribution < -0.4 is 0 Å². The molecule has 5 rings (SSSR count). The molecule has 4 aliphatic rings. The molecule has 9 atom stereocenters. The summed E-state index contributed by atoms with van der Waals surface area (Å²) in [6.45, 7) is 4.79. The summed E-state index contributed by atoms with van der Waals surface area (Å²) < 4.78 is 57.5. The molecule has 10 heteroatoms. The molecule has 3 saturated carbocycles. The third-order valence-corrected chi connectivity index (χ3v) is 10.3. The first kappa shape index (κ1) is 26.3. The van der Waals surface area contributed by atoms with E-state index in [0.717, 1.165) is 6.08 Å². The first-order valence-electron chi connectivity index (χ1n) is 12.3. The molecule has 0 aliphatic heterocycles. The van der Waals surface area contributed by atoms with Gasteiger partial charge < -0.3 is 14.3 Å². The number of hydrogen-bond donors (Lipinski definition) is 1. The van der Waals surface area contributed by atoms with Crippen LogP contribution in [0.5, 0.6) is 0 Å². The quantitative estimate of drug-likeness (QED) is 0.544. The van der Waals surface area contributed by atoms with Crippen LogP contribution in [0.25, 0.3) is 0 Å². The summed E-state index contributed by atoms with van der Waals surface area (Å²) in [6.07, 6.45) is 1.16. The minimum absolute atomic E-state index is 0.00739. The zero-order valence-electron chi connectivity index (χ0n) is 20.7. The van der Waals surface area contributed by atoms with Crippen LogP contribution >= 0.6 is 11.8 Å². The minimum Gasteiger partial charge on any atom is -0.457 e. The first-order valence-corrected chi connectivity index (χ1v) is 13.3. The number of hydrogen-bond acceptors (Lipinski definition) is 7. The van der Waals surface area contributed by atoms with Crippen LogP contribution in [0, 0.1) is 28.6 Å². The van der Waals surface area contributed by atoms with Crippen molar-refractivity contribution in [1.82, 2.24) is 0 Å². The van der Waals surface area contributed by atoms with Gasteiger partial charge in [0, 0.05) is 22.7 Å². The number of alkyl halides is 3. The first-order chi connectivity index (χ1) is 17.4. The summed E-state index contributed by atoms with van der Waals surface area (Å²) in [7, 11) is 0. The van der Waals surface area contributed by atoms with E-state index in [2.05, 4.69) is 0 Å². The van der Waals surface area contributed by atoms with Gasteiger partial charge in [0.25, 0.3) is 0 Å². The Labute approximate surface area is 216 Å². The maximum Gasteiger partial charge on any atom is 0.375 e. The van der Waals surface area contributed by atoms with Gasteiger partial charge in [0.15, 0.2) is 17.1 Å². The van der Waals surface area contributed by atoms with Gasteiger partial charge in [-0.15, -0.1) is 0 Å². The molecular formula is C27H29F3O6S. The van der Waals surface area contributed by atoms with Crippen LogP contribution in [0.4, 0.5) is 13.2 Å². The molecule has 0 spiro atoms. The highest BCUT2D eigenvalue weighted by molar-refractivity contribution is 8.13. The lowest BCUT2D eigenvalue weighted by molar-refractivity contribution is -0.221. The molecule has 0 unspecified atom stereocenters. The van der Waals surface area contributed by atoms with Crippen LogP contribution in [-0.4, -0.2) is 51.5 Å². The zero-order valence-corrected chi connectivity index (χ0v) is 21.5. The molecule has 4 aliphatic carbocycles. The predicted octanol–water partition coefficient (Wildman–Crippen LogP) is 4.93. The molecule has 1 N–H and O–H groups in total. The van der Waals surface area contributed by atoms with E-state index in [-0.39, 0.29) is 30.6 Å². The fourth-order valence-corrected chi connectivity index (χ4v) is 8.76. The van der Waals surface area contributed by atoms with E-state index in [1.807, 2.05) is 0 Å². The second kappa shape index (κ2) is 8.59. The number of allylic oxidation sites excluding steroid dienone is 4. The van der Waals surface area contributed by atoms with Gasteiger partial charge >= 0.3 is 5.97 Å². The van der Waals surface area contributed by atoms with Crippen molar-refractivity contribution in [1.29, 1.82) is 0 Å². The molecule has 0 amide bonds. The number of furan rings is 1. The number of ketones is 1. The van der Waals surface area contributed by atoms with Crippen molar-refractivity contribution >= 4 is 28.6 Å². The maximum atomic E-state index is 17.4. The average Bonchev–Trinajstić information content (AvgIpc) is 3.45. The molecule has 37 heavy (non-hydrogen) atoms. The van der Waals surface area contributed by atoms with Crippen LogP contribution in [0.1, 0.15) is 50.6 Å². The summed E-state index contributed by atoms with van der Waals surface area (Å²) in [4.78, 5) is 38.7. The average molecular weight is 539 g/mol. The third-order valence-electron chi connectivity index (χ3n) is 9.63. The van der Waals surface area contributed by atoms with Crippen molar-refractivity contribution in [2.75, 3.05) is 6.01 Å². The zero-order chi connectivity index (χ0) is 27.0. The fraction of sp³-hybridized carbons (Fsp3) is 0.593. The van der Waals surface area contributed by atoms with Crippen molar-refractivity contribution in [3.8, 4) is 0 Å². The van der Waals surface area contributed by atoms with E-state index in [9.17, 15) is 23.9 Å². The SMILES string of the molecule is C[C@@H]1C[C@H]2[C@@H]3C[C@H](F)C4=CC(=O)C=C[C@]4(C)[C@]3(F)[C@@H](O)C[C@]2(C)[C@@]1(OC(=O)c1ccco1)C(=O)SCF. The number of rotatable bonds is 4. The molecular weight excluding hydrogens is 509 g/mol. The van der Waals surface area contributed by atoms with E-state index < -0.39 is 75.0 Å². The van der Waals surface area contributed by atoms with Crippen LogP contribution in [0.15, 0.2) is 46.6 Å². The number of carbonyl (C=O) groups is 3. The normalized spacial score (nSPS) is 44.5.